The molecular weight excluding hydrogens is 258 g/mol. The highest BCUT2D eigenvalue weighted by atomic mass is 16.5. The standard InChI is InChI=1S/C14H25N3O3/c15-6-2-1-5-13(18)17-7-3-4-12(17)14(19)16-8-10-20-11-9-16/h12H,1-11,15H2. The number of carbonyl (C=O) groups excluding carboxylic acids is 2. The largest absolute Gasteiger partial charge is 0.378 e. The van der Waals surface area contributed by atoms with E-state index in [1.165, 1.54) is 0 Å². The van der Waals surface area contributed by atoms with E-state index in [0.717, 1.165) is 25.7 Å². The zero-order valence-corrected chi connectivity index (χ0v) is 12.1. The van der Waals surface area contributed by atoms with Crippen LogP contribution in [0.15, 0.2) is 0 Å². The van der Waals surface area contributed by atoms with Crippen LogP contribution in [0.25, 0.3) is 0 Å². The summed E-state index contributed by atoms with van der Waals surface area (Å²) >= 11 is 0. The molecule has 0 aromatic carbocycles. The van der Waals surface area contributed by atoms with E-state index >= 15 is 0 Å². The summed E-state index contributed by atoms with van der Waals surface area (Å²) in [4.78, 5) is 28.3. The lowest BCUT2D eigenvalue weighted by Gasteiger charge is -2.32. The first-order valence-corrected chi connectivity index (χ1v) is 7.60. The minimum absolute atomic E-state index is 0.0953. The van der Waals surface area contributed by atoms with E-state index in [-0.39, 0.29) is 17.9 Å². The zero-order valence-electron chi connectivity index (χ0n) is 12.1. The molecule has 1 unspecified atom stereocenters. The van der Waals surface area contributed by atoms with Crippen LogP contribution >= 0.6 is 0 Å². The monoisotopic (exact) mass is 283 g/mol. The molecule has 2 N–H and O–H groups in total. The second kappa shape index (κ2) is 7.59. The summed E-state index contributed by atoms with van der Waals surface area (Å²) in [6, 6.07) is -0.251. The predicted molar refractivity (Wildman–Crippen MR) is 75.0 cm³/mol. The van der Waals surface area contributed by atoms with E-state index in [9.17, 15) is 9.59 Å². The number of nitrogens with zero attached hydrogens (tertiary/aromatic N) is 2. The van der Waals surface area contributed by atoms with Gasteiger partial charge in [-0.25, -0.2) is 0 Å². The van der Waals surface area contributed by atoms with Crippen molar-refractivity contribution in [3.05, 3.63) is 0 Å². The van der Waals surface area contributed by atoms with Gasteiger partial charge in [-0.3, -0.25) is 9.59 Å². The third-order valence-electron chi connectivity index (χ3n) is 4.03. The maximum atomic E-state index is 12.5. The molecule has 6 nitrogen and oxygen atoms in total. The van der Waals surface area contributed by atoms with Crippen molar-refractivity contribution < 1.29 is 14.3 Å². The molecule has 2 rings (SSSR count). The van der Waals surface area contributed by atoms with E-state index < -0.39 is 0 Å². The lowest BCUT2D eigenvalue weighted by atomic mass is 10.1. The van der Waals surface area contributed by atoms with Gasteiger partial charge in [0.05, 0.1) is 13.2 Å². The lowest BCUT2D eigenvalue weighted by Crippen LogP contribution is -2.51. The van der Waals surface area contributed by atoms with Crippen LogP contribution in [0.2, 0.25) is 0 Å². The normalized spacial score (nSPS) is 23.1. The molecule has 114 valence electrons. The minimum atomic E-state index is -0.251. The molecule has 0 aromatic heterocycles. The van der Waals surface area contributed by atoms with Gasteiger partial charge in [0.2, 0.25) is 11.8 Å². The lowest BCUT2D eigenvalue weighted by molar-refractivity contribution is -0.146. The Morgan fingerprint density at radius 2 is 1.90 bits per heavy atom. The topological polar surface area (TPSA) is 75.9 Å². The SMILES string of the molecule is NCCCCC(=O)N1CCCC1C(=O)N1CCOCC1. The van der Waals surface area contributed by atoms with E-state index in [0.29, 0.717) is 45.8 Å². The zero-order chi connectivity index (χ0) is 14.4. The molecule has 0 saturated carbocycles. The number of nitrogens with two attached hydrogens (primary N) is 1. The van der Waals surface area contributed by atoms with Crippen molar-refractivity contribution >= 4 is 11.8 Å². The van der Waals surface area contributed by atoms with Crippen LogP contribution in [0.5, 0.6) is 0 Å². The average Bonchev–Trinajstić information content (AvgIpc) is 2.97. The fourth-order valence-electron chi connectivity index (χ4n) is 2.88. The molecule has 1 atom stereocenters. The first-order chi connectivity index (χ1) is 9.74. The summed E-state index contributed by atoms with van der Waals surface area (Å²) in [5.41, 5.74) is 5.44. The molecule has 2 saturated heterocycles. The summed E-state index contributed by atoms with van der Waals surface area (Å²) in [6.45, 7) is 3.81. The third-order valence-corrected chi connectivity index (χ3v) is 4.03. The summed E-state index contributed by atoms with van der Waals surface area (Å²) in [7, 11) is 0. The number of rotatable bonds is 5. The molecular formula is C14H25N3O3. The second-order valence-electron chi connectivity index (χ2n) is 5.43. The summed E-state index contributed by atoms with van der Waals surface area (Å²) < 4.78 is 5.27. The Morgan fingerprint density at radius 3 is 2.60 bits per heavy atom. The van der Waals surface area contributed by atoms with Crippen LogP contribution in [-0.4, -0.2) is 67.0 Å². The molecule has 2 amide bonds. The van der Waals surface area contributed by atoms with Crippen LogP contribution in [0, 0.1) is 0 Å². The van der Waals surface area contributed by atoms with Gasteiger partial charge < -0.3 is 20.3 Å². The van der Waals surface area contributed by atoms with Gasteiger partial charge in [0.1, 0.15) is 6.04 Å². The predicted octanol–water partition coefficient (Wildman–Crippen LogP) is -0.0348. The quantitative estimate of drug-likeness (QED) is 0.719. The molecule has 2 fully saturated rings. The fraction of sp³-hybridized carbons (Fsp3) is 0.857. The molecule has 6 heteroatoms. The van der Waals surface area contributed by atoms with E-state index in [4.69, 9.17) is 10.5 Å². The van der Waals surface area contributed by atoms with Crippen molar-refractivity contribution in [2.24, 2.45) is 5.73 Å². The van der Waals surface area contributed by atoms with Crippen LogP contribution in [0.4, 0.5) is 0 Å². The molecule has 20 heavy (non-hydrogen) atoms. The minimum Gasteiger partial charge on any atom is -0.378 e. The third kappa shape index (κ3) is 3.70. The van der Waals surface area contributed by atoms with E-state index in [1.54, 1.807) is 4.90 Å². The molecule has 0 spiro atoms. The van der Waals surface area contributed by atoms with Crippen molar-refractivity contribution in [1.29, 1.82) is 0 Å². The number of carbonyl (C=O) groups is 2. The smallest absolute Gasteiger partial charge is 0.245 e. The molecule has 0 aromatic rings. The average molecular weight is 283 g/mol. The number of hydrogen-bond acceptors (Lipinski definition) is 4. The van der Waals surface area contributed by atoms with Gasteiger partial charge in [-0.05, 0) is 32.2 Å². The van der Waals surface area contributed by atoms with Crippen LogP contribution < -0.4 is 5.73 Å². The van der Waals surface area contributed by atoms with Crippen molar-refractivity contribution in [3.8, 4) is 0 Å². The number of ether oxygens (including phenoxy) is 1. The molecule has 0 bridgehead atoms. The Morgan fingerprint density at radius 1 is 1.15 bits per heavy atom. The first-order valence-electron chi connectivity index (χ1n) is 7.60. The molecule has 0 radical (unpaired) electrons. The van der Waals surface area contributed by atoms with Gasteiger partial charge in [-0.2, -0.15) is 0 Å². The fourth-order valence-corrected chi connectivity index (χ4v) is 2.88. The number of likely N-dealkylation sites (tertiary alicyclic amines) is 1. The van der Waals surface area contributed by atoms with Crippen LogP contribution in [0.3, 0.4) is 0 Å². The maximum Gasteiger partial charge on any atom is 0.245 e. The van der Waals surface area contributed by atoms with Gasteiger partial charge in [0.25, 0.3) is 0 Å². The second-order valence-corrected chi connectivity index (χ2v) is 5.43. The van der Waals surface area contributed by atoms with Crippen molar-refractivity contribution in [3.63, 3.8) is 0 Å². The van der Waals surface area contributed by atoms with Gasteiger partial charge in [0.15, 0.2) is 0 Å². The molecule has 2 aliphatic rings. The van der Waals surface area contributed by atoms with Crippen molar-refractivity contribution in [2.45, 2.75) is 38.1 Å². The maximum absolute atomic E-state index is 12.5. The number of unbranched alkanes of at least 4 members (excludes halogenated alkanes) is 1. The summed E-state index contributed by atoms with van der Waals surface area (Å²) in [5.74, 6) is 0.195. The van der Waals surface area contributed by atoms with E-state index in [1.807, 2.05) is 4.90 Å². The number of hydrogen-bond donors (Lipinski definition) is 1. The summed E-state index contributed by atoms with van der Waals surface area (Å²) in [6.07, 6.45) is 3.89. The molecule has 0 aliphatic carbocycles. The van der Waals surface area contributed by atoms with Crippen molar-refractivity contribution in [2.75, 3.05) is 39.4 Å². The van der Waals surface area contributed by atoms with Crippen molar-refractivity contribution in [1.82, 2.24) is 9.80 Å². The number of morpholine rings is 1. The molecule has 2 heterocycles. The Labute approximate surface area is 120 Å². The highest BCUT2D eigenvalue weighted by Crippen LogP contribution is 2.21. The van der Waals surface area contributed by atoms with E-state index in [2.05, 4.69) is 0 Å². The Bertz CT molecular complexity index is 343. The highest BCUT2D eigenvalue weighted by Gasteiger charge is 2.36. The Balaban J connectivity index is 1.88. The van der Waals surface area contributed by atoms with Gasteiger partial charge >= 0.3 is 0 Å². The van der Waals surface area contributed by atoms with Crippen LogP contribution in [0.1, 0.15) is 32.1 Å². The van der Waals surface area contributed by atoms with Crippen LogP contribution in [-0.2, 0) is 14.3 Å². The number of amides is 2. The van der Waals surface area contributed by atoms with Gasteiger partial charge in [-0.1, -0.05) is 0 Å². The Kier molecular flexibility index (Phi) is 5.79. The highest BCUT2D eigenvalue weighted by molar-refractivity contribution is 5.88. The summed E-state index contributed by atoms with van der Waals surface area (Å²) in [5, 5.41) is 0. The Hall–Kier alpha value is -1.14. The molecule has 2 aliphatic heterocycles. The van der Waals surface area contributed by atoms with Gasteiger partial charge in [0, 0.05) is 26.1 Å². The van der Waals surface area contributed by atoms with Gasteiger partial charge in [-0.15, -0.1) is 0 Å². The first kappa shape index (κ1) is 15.3.